The van der Waals surface area contributed by atoms with E-state index < -0.39 is 0 Å². The molecule has 0 radical (unpaired) electrons. The Morgan fingerprint density at radius 3 is 2.13 bits per heavy atom. The average molecular weight is 422 g/mol. The maximum atomic E-state index is 6.09. The van der Waals surface area contributed by atoms with Crippen LogP contribution in [-0.2, 0) is 4.84 Å². The van der Waals surface area contributed by atoms with Gasteiger partial charge < -0.3 is 19.0 Å². The Morgan fingerprint density at radius 2 is 1.55 bits per heavy atom. The highest BCUT2D eigenvalue weighted by molar-refractivity contribution is 5.79. The summed E-state index contributed by atoms with van der Waals surface area (Å²) in [7, 11) is 1.51. The van der Waals surface area contributed by atoms with E-state index in [1.807, 2.05) is 83.2 Å². The van der Waals surface area contributed by atoms with E-state index in [9.17, 15) is 0 Å². The Morgan fingerprint density at radius 1 is 0.935 bits per heavy atom. The van der Waals surface area contributed by atoms with Crippen molar-refractivity contribution in [2.45, 2.75) is 46.8 Å². The molecule has 0 aliphatic rings. The summed E-state index contributed by atoms with van der Waals surface area (Å²) in [6.45, 7) is 10.4. The van der Waals surface area contributed by atoms with Crippen molar-refractivity contribution in [2.24, 2.45) is 5.16 Å². The van der Waals surface area contributed by atoms with Gasteiger partial charge in [0.1, 0.15) is 31.0 Å². The first-order valence-corrected chi connectivity index (χ1v) is 10.3. The Balaban J connectivity index is 1.95. The molecule has 164 valence electrons. The molecule has 2 aromatic rings. The first-order valence-electron chi connectivity index (χ1n) is 10.3. The minimum Gasteiger partial charge on any atom is -0.490 e. The number of benzene rings is 2. The van der Waals surface area contributed by atoms with Gasteiger partial charge in [0.2, 0.25) is 0 Å². The summed E-state index contributed by atoms with van der Waals surface area (Å²) in [6.07, 6.45) is 5.03. The highest BCUT2D eigenvalue weighted by Crippen LogP contribution is 2.29. The van der Waals surface area contributed by atoms with Gasteiger partial charge in [-0.3, -0.25) is 0 Å². The van der Waals surface area contributed by atoms with Gasteiger partial charge in [-0.1, -0.05) is 29.1 Å². The van der Waals surface area contributed by atoms with E-state index in [-0.39, 0.29) is 12.2 Å². The summed E-state index contributed by atoms with van der Waals surface area (Å²) >= 11 is 0. The number of ether oxygens (including phenoxy) is 3. The Labute approximate surface area is 185 Å². The molecule has 0 saturated carbocycles. The lowest BCUT2D eigenvalue weighted by Crippen LogP contribution is -2.14. The second-order valence-corrected chi connectivity index (χ2v) is 7.06. The third-order valence-corrected chi connectivity index (χ3v) is 4.30. The molecule has 0 N–H and O–H groups in total. The predicted octanol–water partition coefficient (Wildman–Crippen LogP) is 5.48. The molecule has 0 amide bonds. The van der Waals surface area contributed by atoms with E-state index in [0.29, 0.717) is 6.61 Å². The van der Waals surface area contributed by atoms with Crippen molar-refractivity contribution in [2.75, 3.05) is 13.7 Å². The van der Waals surface area contributed by atoms with Gasteiger partial charge in [-0.2, -0.15) is 0 Å². The normalized spacial score (nSPS) is 12.8. The molecule has 2 aromatic carbocycles. The van der Waals surface area contributed by atoms with Crippen LogP contribution in [0.4, 0.5) is 0 Å². The van der Waals surface area contributed by atoms with Crippen molar-refractivity contribution in [3.63, 3.8) is 0 Å². The SMILES string of the molecule is C/C=C/COc1cc(C)c(OC(C)C#CC(C)Oc2ccc(/C=N/OC)cc2)c(C)c1. The second kappa shape index (κ2) is 12.3. The number of allylic oxidation sites excluding steroid dienone is 1. The summed E-state index contributed by atoms with van der Waals surface area (Å²) in [6, 6.07) is 11.5. The highest BCUT2D eigenvalue weighted by Gasteiger charge is 2.10. The zero-order chi connectivity index (χ0) is 22.6. The van der Waals surface area contributed by atoms with Crippen LogP contribution in [0.1, 0.15) is 37.5 Å². The van der Waals surface area contributed by atoms with Crippen molar-refractivity contribution >= 4 is 6.21 Å². The van der Waals surface area contributed by atoms with Crippen LogP contribution >= 0.6 is 0 Å². The molecule has 31 heavy (non-hydrogen) atoms. The van der Waals surface area contributed by atoms with Gasteiger partial charge in [0.15, 0.2) is 12.2 Å². The molecule has 0 aromatic heterocycles. The van der Waals surface area contributed by atoms with Crippen LogP contribution in [0, 0.1) is 25.7 Å². The summed E-state index contributed by atoms with van der Waals surface area (Å²) in [4.78, 5) is 4.68. The Hall–Kier alpha value is -3.39. The van der Waals surface area contributed by atoms with Gasteiger partial charge in [-0.05, 0) is 87.7 Å². The fraction of sp³-hybridized carbons (Fsp3) is 0.346. The molecule has 0 bridgehead atoms. The van der Waals surface area contributed by atoms with Crippen molar-refractivity contribution in [3.8, 4) is 29.1 Å². The van der Waals surface area contributed by atoms with Crippen LogP contribution < -0.4 is 14.2 Å². The molecular formula is C26H31NO4. The third-order valence-electron chi connectivity index (χ3n) is 4.30. The van der Waals surface area contributed by atoms with Crippen LogP contribution in [0.15, 0.2) is 53.7 Å². The number of rotatable bonds is 9. The van der Waals surface area contributed by atoms with Crippen LogP contribution in [0.25, 0.3) is 0 Å². The minimum absolute atomic E-state index is 0.269. The molecule has 0 heterocycles. The monoisotopic (exact) mass is 421 g/mol. The van der Waals surface area contributed by atoms with E-state index in [0.717, 1.165) is 33.9 Å². The Bertz CT molecular complexity index is 929. The number of aryl methyl sites for hydroxylation is 2. The molecule has 0 aliphatic heterocycles. The summed E-state index contributed by atoms with van der Waals surface area (Å²) in [5, 5.41) is 3.74. The lowest BCUT2D eigenvalue weighted by Gasteiger charge is -2.16. The fourth-order valence-electron chi connectivity index (χ4n) is 2.84. The van der Waals surface area contributed by atoms with E-state index in [2.05, 4.69) is 21.8 Å². The Kier molecular flexibility index (Phi) is 9.51. The third kappa shape index (κ3) is 8.10. The second-order valence-electron chi connectivity index (χ2n) is 7.06. The van der Waals surface area contributed by atoms with Gasteiger partial charge in [0.05, 0.1) is 6.21 Å². The number of hydrogen-bond acceptors (Lipinski definition) is 5. The molecule has 0 aliphatic carbocycles. The van der Waals surface area contributed by atoms with Gasteiger partial charge in [-0.25, -0.2) is 0 Å². The van der Waals surface area contributed by atoms with E-state index in [1.54, 1.807) is 6.21 Å². The number of nitrogens with zero attached hydrogens (tertiary/aromatic N) is 1. The molecular weight excluding hydrogens is 390 g/mol. The highest BCUT2D eigenvalue weighted by atomic mass is 16.6. The smallest absolute Gasteiger partial charge is 0.156 e. The van der Waals surface area contributed by atoms with Gasteiger partial charge in [0.25, 0.3) is 0 Å². The largest absolute Gasteiger partial charge is 0.490 e. The summed E-state index contributed by atoms with van der Waals surface area (Å²) in [5.41, 5.74) is 2.97. The van der Waals surface area contributed by atoms with E-state index >= 15 is 0 Å². The van der Waals surface area contributed by atoms with E-state index in [4.69, 9.17) is 14.2 Å². The topological polar surface area (TPSA) is 49.3 Å². The number of oxime groups is 1. The molecule has 5 nitrogen and oxygen atoms in total. The van der Waals surface area contributed by atoms with Crippen molar-refractivity contribution < 1.29 is 19.0 Å². The lowest BCUT2D eigenvalue weighted by atomic mass is 10.1. The zero-order valence-corrected chi connectivity index (χ0v) is 19.1. The van der Waals surface area contributed by atoms with Gasteiger partial charge >= 0.3 is 0 Å². The van der Waals surface area contributed by atoms with Crippen LogP contribution in [0.3, 0.4) is 0 Å². The lowest BCUT2D eigenvalue weighted by molar-refractivity contribution is 0.215. The van der Waals surface area contributed by atoms with Gasteiger partial charge in [0, 0.05) is 0 Å². The van der Waals surface area contributed by atoms with Gasteiger partial charge in [-0.15, -0.1) is 0 Å². The molecule has 2 atom stereocenters. The van der Waals surface area contributed by atoms with Crippen LogP contribution in [-0.4, -0.2) is 32.1 Å². The van der Waals surface area contributed by atoms with E-state index in [1.165, 1.54) is 7.11 Å². The van der Waals surface area contributed by atoms with Crippen molar-refractivity contribution in [1.29, 1.82) is 0 Å². The van der Waals surface area contributed by atoms with Crippen molar-refractivity contribution in [3.05, 3.63) is 65.2 Å². The summed E-state index contributed by atoms with van der Waals surface area (Å²) in [5.74, 6) is 8.64. The molecule has 2 rings (SSSR count). The first kappa shape index (κ1) is 23.9. The fourth-order valence-corrected chi connectivity index (χ4v) is 2.84. The maximum absolute atomic E-state index is 6.09. The number of hydrogen-bond donors (Lipinski definition) is 0. The predicted molar refractivity (Wildman–Crippen MR) is 125 cm³/mol. The zero-order valence-electron chi connectivity index (χ0n) is 19.1. The minimum atomic E-state index is -0.272. The van der Waals surface area contributed by atoms with Crippen molar-refractivity contribution in [1.82, 2.24) is 0 Å². The standard InChI is InChI=1S/C26H31NO4/c1-7-8-15-29-25-16-19(2)26(20(3)17-25)31-22(5)10-9-21(4)30-24-13-11-23(12-14-24)18-27-28-6/h7-8,11-14,16-18,21-22H,15H2,1-6H3/b8-7+,27-18+. The quantitative estimate of drug-likeness (QED) is 0.233. The summed E-state index contributed by atoms with van der Waals surface area (Å²) < 4.78 is 17.7. The molecule has 0 saturated heterocycles. The molecule has 2 unspecified atom stereocenters. The molecule has 5 heteroatoms. The molecule has 0 spiro atoms. The van der Waals surface area contributed by atoms with Crippen LogP contribution in [0.2, 0.25) is 0 Å². The maximum Gasteiger partial charge on any atom is 0.156 e. The molecule has 0 fully saturated rings. The average Bonchev–Trinajstić information content (AvgIpc) is 2.74. The van der Waals surface area contributed by atoms with Crippen LogP contribution in [0.5, 0.6) is 17.2 Å². The first-order chi connectivity index (χ1) is 14.9.